The van der Waals surface area contributed by atoms with E-state index in [0.717, 1.165) is 5.92 Å². The third-order valence-corrected chi connectivity index (χ3v) is 4.70. The van der Waals surface area contributed by atoms with Crippen molar-refractivity contribution in [3.8, 4) is 0 Å². The van der Waals surface area contributed by atoms with Crippen molar-refractivity contribution in [2.24, 2.45) is 5.92 Å². The van der Waals surface area contributed by atoms with Crippen LogP contribution in [0.25, 0.3) is 0 Å². The number of rotatable bonds is 3. The largest absolute Gasteiger partial charge is 0.381 e. The molecule has 0 aromatic heterocycles. The third kappa shape index (κ3) is 2.57. The minimum Gasteiger partial charge on any atom is -0.381 e. The van der Waals surface area contributed by atoms with Crippen LogP contribution in [0.4, 0.5) is 11.4 Å². The molecule has 1 atom stereocenters. The number of aryl methyl sites for hydroxylation is 1. The zero-order valence-corrected chi connectivity index (χ0v) is 12.3. The van der Waals surface area contributed by atoms with E-state index in [-0.39, 0.29) is 0 Å². The Labute approximate surface area is 116 Å². The maximum absolute atomic E-state index is 3.77. The second-order valence-electron chi connectivity index (χ2n) is 6.28. The molecule has 3 aliphatic heterocycles. The molecule has 0 amide bonds. The summed E-state index contributed by atoms with van der Waals surface area (Å²) in [4.78, 5) is 4.79. The molecule has 0 radical (unpaired) electrons. The maximum atomic E-state index is 3.77. The Hall–Kier alpha value is -1.22. The molecule has 1 N–H and O–H groups in total. The van der Waals surface area contributed by atoms with Crippen LogP contribution in [0.3, 0.4) is 0 Å². The van der Waals surface area contributed by atoms with Gasteiger partial charge in [0.15, 0.2) is 0 Å². The van der Waals surface area contributed by atoms with Gasteiger partial charge in [0.1, 0.15) is 0 Å². The highest BCUT2D eigenvalue weighted by atomic mass is 15.2. The van der Waals surface area contributed by atoms with Gasteiger partial charge in [-0.25, -0.2) is 0 Å². The Bertz CT molecular complexity index is 447. The van der Waals surface area contributed by atoms with Crippen molar-refractivity contribution < 1.29 is 0 Å². The number of benzene rings is 1. The monoisotopic (exact) mass is 259 g/mol. The second kappa shape index (κ2) is 5.04. The number of nitrogens with zero attached hydrogens (tertiary/aromatic N) is 2. The molecule has 3 aliphatic rings. The van der Waals surface area contributed by atoms with Crippen LogP contribution in [0.15, 0.2) is 18.2 Å². The standard InChI is InChI=1S/C16H25N3/c1-12-4-5-14(10-16(12)18(2)3)17-15-11-19-8-6-13(15)7-9-19/h4-5,10,13,15,17H,6-9,11H2,1-3H3. The van der Waals surface area contributed by atoms with E-state index in [1.165, 1.54) is 49.4 Å². The van der Waals surface area contributed by atoms with Crippen LogP contribution in [0.1, 0.15) is 18.4 Å². The summed E-state index contributed by atoms with van der Waals surface area (Å²) in [7, 11) is 4.22. The Morgan fingerprint density at radius 1 is 1.21 bits per heavy atom. The molecule has 3 heteroatoms. The SMILES string of the molecule is Cc1ccc(NC2CN3CCC2CC3)cc1N(C)C. The van der Waals surface area contributed by atoms with E-state index >= 15 is 0 Å². The van der Waals surface area contributed by atoms with Crippen molar-refractivity contribution in [1.82, 2.24) is 4.90 Å². The highest BCUT2D eigenvalue weighted by Gasteiger charge is 2.33. The highest BCUT2D eigenvalue weighted by Crippen LogP contribution is 2.31. The lowest BCUT2D eigenvalue weighted by molar-refractivity contribution is 0.0975. The van der Waals surface area contributed by atoms with Gasteiger partial charge >= 0.3 is 0 Å². The Balaban J connectivity index is 1.75. The lowest BCUT2D eigenvalue weighted by Crippen LogP contribution is -2.53. The Morgan fingerprint density at radius 2 is 1.95 bits per heavy atom. The van der Waals surface area contributed by atoms with Crippen LogP contribution in [0, 0.1) is 12.8 Å². The summed E-state index contributed by atoms with van der Waals surface area (Å²) in [6, 6.07) is 7.37. The van der Waals surface area contributed by atoms with Gasteiger partial charge in [-0.15, -0.1) is 0 Å². The van der Waals surface area contributed by atoms with Crippen molar-refractivity contribution in [3.63, 3.8) is 0 Å². The first-order valence-corrected chi connectivity index (χ1v) is 7.40. The molecule has 3 nitrogen and oxygen atoms in total. The fraction of sp³-hybridized carbons (Fsp3) is 0.625. The summed E-state index contributed by atoms with van der Waals surface area (Å²) < 4.78 is 0. The van der Waals surface area contributed by atoms with Crippen LogP contribution in [-0.2, 0) is 0 Å². The summed E-state index contributed by atoms with van der Waals surface area (Å²) in [6.45, 7) is 6.00. The van der Waals surface area contributed by atoms with E-state index in [0.29, 0.717) is 6.04 Å². The molecule has 4 rings (SSSR count). The molecule has 19 heavy (non-hydrogen) atoms. The zero-order valence-electron chi connectivity index (χ0n) is 12.3. The van der Waals surface area contributed by atoms with Gasteiger partial charge in [-0.1, -0.05) is 6.07 Å². The van der Waals surface area contributed by atoms with Gasteiger partial charge in [-0.05, 0) is 56.5 Å². The predicted octanol–water partition coefficient (Wildman–Crippen LogP) is 2.57. The Morgan fingerprint density at radius 3 is 2.53 bits per heavy atom. The number of fused-ring (bicyclic) bond motifs is 3. The summed E-state index contributed by atoms with van der Waals surface area (Å²) >= 11 is 0. The first kappa shape index (κ1) is 12.8. The van der Waals surface area contributed by atoms with Crippen molar-refractivity contribution in [1.29, 1.82) is 0 Å². The van der Waals surface area contributed by atoms with Gasteiger partial charge in [0.2, 0.25) is 0 Å². The fourth-order valence-electron chi connectivity index (χ4n) is 3.52. The van der Waals surface area contributed by atoms with Gasteiger partial charge in [-0.3, -0.25) is 0 Å². The summed E-state index contributed by atoms with van der Waals surface area (Å²) in [5.74, 6) is 0.870. The van der Waals surface area contributed by atoms with Crippen LogP contribution in [0.5, 0.6) is 0 Å². The van der Waals surface area contributed by atoms with Crippen LogP contribution < -0.4 is 10.2 Å². The summed E-state index contributed by atoms with van der Waals surface area (Å²) in [6.07, 6.45) is 2.73. The molecule has 2 bridgehead atoms. The predicted molar refractivity (Wildman–Crippen MR) is 82.1 cm³/mol. The molecule has 3 heterocycles. The molecule has 1 unspecified atom stereocenters. The molecule has 3 fully saturated rings. The molecule has 104 valence electrons. The van der Waals surface area contributed by atoms with Gasteiger partial charge in [0.25, 0.3) is 0 Å². The topological polar surface area (TPSA) is 18.5 Å². The second-order valence-corrected chi connectivity index (χ2v) is 6.28. The number of anilines is 2. The number of hydrogen-bond donors (Lipinski definition) is 1. The molecular weight excluding hydrogens is 234 g/mol. The summed E-state index contributed by atoms with van der Waals surface area (Å²) in [5.41, 5.74) is 3.92. The molecular formula is C16H25N3. The molecule has 0 saturated carbocycles. The summed E-state index contributed by atoms with van der Waals surface area (Å²) in [5, 5.41) is 3.77. The Kier molecular flexibility index (Phi) is 3.40. The van der Waals surface area contributed by atoms with E-state index in [1.807, 2.05) is 0 Å². The van der Waals surface area contributed by atoms with Crippen LogP contribution in [0.2, 0.25) is 0 Å². The third-order valence-electron chi connectivity index (χ3n) is 4.70. The van der Waals surface area contributed by atoms with E-state index in [2.05, 4.69) is 54.3 Å². The van der Waals surface area contributed by atoms with E-state index in [9.17, 15) is 0 Å². The average molecular weight is 259 g/mol. The molecule has 0 spiro atoms. The van der Waals surface area contributed by atoms with Gasteiger partial charge in [-0.2, -0.15) is 0 Å². The van der Waals surface area contributed by atoms with Gasteiger partial charge in [0.05, 0.1) is 0 Å². The molecule has 1 aromatic carbocycles. The minimum absolute atomic E-state index is 0.639. The number of piperidine rings is 3. The van der Waals surface area contributed by atoms with E-state index < -0.39 is 0 Å². The smallest absolute Gasteiger partial charge is 0.0417 e. The lowest BCUT2D eigenvalue weighted by Gasteiger charge is -2.45. The number of hydrogen-bond acceptors (Lipinski definition) is 3. The lowest BCUT2D eigenvalue weighted by atomic mass is 9.84. The van der Waals surface area contributed by atoms with E-state index in [4.69, 9.17) is 0 Å². The van der Waals surface area contributed by atoms with Gasteiger partial charge in [0, 0.05) is 38.1 Å². The van der Waals surface area contributed by atoms with Crippen molar-refractivity contribution in [2.75, 3.05) is 43.9 Å². The van der Waals surface area contributed by atoms with Crippen molar-refractivity contribution >= 4 is 11.4 Å². The van der Waals surface area contributed by atoms with E-state index in [1.54, 1.807) is 0 Å². The van der Waals surface area contributed by atoms with Crippen LogP contribution in [-0.4, -0.2) is 44.7 Å². The molecule has 1 aromatic rings. The number of nitrogens with one attached hydrogen (secondary N) is 1. The first-order chi connectivity index (χ1) is 9.13. The first-order valence-electron chi connectivity index (χ1n) is 7.40. The highest BCUT2D eigenvalue weighted by molar-refractivity contribution is 5.62. The normalized spacial score (nSPS) is 29.3. The zero-order chi connectivity index (χ0) is 13.4. The molecule has 3 saturated heterocycles. The van der Waals surface area contributed by atoms with Crippen molar-refractivity contribution in [2.45, 2.75) is 25.8 Å². The average Bonchev–Trinajstić information content (AvgIpc) is 2.42. The molecule has 0 aliphatic carbocycles. The quantitative estimate of drug-likeness (QED) is 0.900. The fourth-order valence-corrected chi connectivity index (χ4v) is 3.52. The van der Waals surface area contributed by atoms with Crippen LogP contribution >= 0.6 is 0 Å². The maximum Gasteiger partial charge on any atom is 0.0417 e. The van der Waals surface area contributed by atoms with Crippen molar-refractivity contribution in [3.05, 3.63) is 23.8 Å². The van der Waals surface area contributed by atoms with Gasteiger partial charge < -0.3 is 15.1 Å². The minimum atomic E-state index is 0.639.